The van der Waals surface area contributed by atoms with Crippen LogP contribution in [0.3, 0.4) is 0 Å². The van der Waals surface area contributed by atoms with Crippen LogP contribution < -0.4 is 5.73 Å². The number of morpholine rings is 1. The highest BCUT2D eigenvalue weighted by Gasteiger charge is 2.36. The van der Waals surface area contributed by atoms with Crippen LogP contribution in [-0.4, -0.2) is 63.2 Å². The number of rotatable bonds is 4. The van der Waals surface area contributed by atoms with E-state index in [0.717, 1.165) is 45.5 Å². The van der Waals surface area contributed by atoms with E-state index in [1.807, 2.05) is 0 Å². The van der Waals surface area contributed by atoms with E-state index in [1.54, 1.807) is 0 Å². The average Bonchev–Trinajstić information content (AvgIpc) is 2.46. The molecular weight excluding hydrogens is 276 g/mol. The predicted octanol–water partition coefficient (Wildman–Crippen LogP) is 0.638. The molecular formula is C14H28N2O3S. The molecule has 2 rings (SSSR count). The van der Waals surface area contributed by atoms with Crippen LogP contribution in [0, 0.1) is 5.92 Å². The molecule has 2 aliphatic rings. The molecule has 20 heavy (non-hydrogen) atoms. The zero-order valence-electron chi connectivity index (χ0n) is 12.6. The molecule has 1 heterocycles. The lowest BCUT2D eigenvalue weighted by atomic mass is 9.81. The van der Waals surface area contributed by atoms with Gasteiger partial charge in [-0.1, -0.05) is 13.3 Å². The molecule has 0 radical (unpaired) electrons. The lowest BCUT2D eigenvalue weighted by Crippen LogP contribution is -2.54. The molecule has 0 aromatic heterocycles. The first-order valence-corrected chi connectivity index (χ1v) is 9.65. The largest absolute Gasteiger partial charge is 0.374 e. The van der Waals surface area contributed by atoms with Crippen molar-refractivity contribution in [2.24, 2.45) is 11.7 Å². The fourth-order valence-electron chi connectivity index (χ4n) is 3.47. The SMILES string of the molecule is CCN1CCOC(C(N)C2CCCC(S(C)(=O)=O)C2)C1. The smallest absolute Gasteiger partial charge is 0.150 e. The third-order valence-corrected chi connectivity index (χ3v) is 6.51. The van der Waals surface area contributed by atoms with Crippen LogP contribution in [0.2, 0.25) is 0 Å². The molecule has 0 bridgehead atoms. The number of sulfone groups is 1. The van der Waals surface area contributed by atoms with Crippen LogP contribution in [0.5, 0.6) is 0 Å². The summed E-state index contributed by atoms with van der Waals surface area (Å²) >= 11 is 0. The Morgan fingerprint density at radius 2 is 2.15 bits per heavy atom. The van der Waals surface area contributed by atoms with Gasteiger partial charge in [0.25, 0.3) is 0 Å². The van der Waals surface area contributed by atoms with Crippen molar-refractivity contribution in [2.75, 3.05) is 32.5 Å². The predicted molar refractivity (Wildman–Crippen MR) is 80.4 cm³/mol. The molecule has 1 saturated heterocycles. The van der Waals surface area contributed by atoms with E-state index in [1.165, 1.54) is 6.26 Å². The van der Waals surface area contributed by atoms with Crippen molar-refractivity contribution in [3.8, 4) is 0 Å². The van der Waals surface area contributed by atoms with Crippen molar-refractivity contribution in [2.45, 2.75) is 50.0 Å². The van der Waals surface area contributed by atoms with E-state index in [-0.39, 0.29) is 23.3 Å². The lowest BCUT2D eigenvalue weighted by molar-refractivity contribution is -0.0502. The molecule has 1 aliphatic heterocycles. The summed E-state index contributed by atoms with van der Waals surface area (Å²) in [6.07, 6.45) is 4.87. The second kappa shape index (κ2) is 6.73. The number of nitrogens with two attached hydrogens (primary N) is 1. The quantitative estimate of drug-likeness (QED) is 0.825. The third-order valence-electron chi connectivity index (χ3n) is 4.87. The Balaban J connectivity index is 1.96. The Morgan fingerprint density at radius 3 is 2.80 bits per heavy atom. The maximum absolute atomic E-state index is 11.7. The summed E-state index contributed by atoms with van der Waals surface area (Å²) < 4.78 is 29.3. The minimum absolute atomic E-state index is 0.0473. The summed E-state index contributed by atoms with van der Waals surface area (Å²) in [6, 6.07) is -0.0473. The molecule has 4 unspecified atom stereocenters. The minimum atomic E-state index is -2.95. The fourth-order valence-corrected chi connectivity index (χ4v) is 4.67. The molecule has 118 valence electrons. The molecule has 0 spiro atoms. The van der Waals surface area contributed by atoms with Crippen molar-refractivity contribution < 1.29 is 13.2 Å². The van der Waals surface area contributed by atoms with Gasteiger partial charge in [-0.05, 0) is 31.7 Å². The summed E-state index contributed by atoms with van der Waals surface area (Å²) in [5, 5.41) is -0.210. The van der Waals surface area contributed by atoms with Gasteiger partial charge < -0.3 is 10.5 Å². The normalized spacial score (nSPS) is 34.9. The standard InChI is InChI=1S/C14H28N2O3S/c1-3-16-7-8-19-13(10-16)14(15)11-5-4-6-12(9-11)20(2,17)18/h11-14H,3-10,15H2,1-2H3. The van der Waals surface area contributed by atoms with Crippen LogP contribution >= 0.6 is 0 Å². The van der Waals surface area contributed by atoms with E-state index in [0.29, 0.717) is 6.42 Å². The first-order valence-electron chi connectivity index (χ1n) is 7.70. The van der Waals surface area contributed by atoms with Gasteiger partial charge in [0.05, 0.1) is 18.0 Å². The first-order chi connectivity index (χ1) is 9.41. The molecule has 5 nitrogen and oxygen atoms in total. The van der Waals surface area contributed by atoms with Gasteiger partial charge in [-0.3, -0.25) is 4.90 Å². The van der Waals surface area contributed by atoms with E-state index in [9.17, 15) is 8.42 Å². The van der Waals surface area contributed by atoms with Gasteiger partial charge >= 0.3 is 0 Å². The summed E-state index contributed by atoms with van der Waals surface area (Å²) in [6.45, 7) is 5.74. The molecule has 1 saturated carbocycles. The van der Waals surface area contributed by atoms with Crippen molar-refractivity contribution in [1.29, 1.82) is 0 Å². The van der Waals surface area contributed by atoms with E-state index >= 15 is 0 Å². The van der Waals surface area contributed by atoms with Gasteiger partial charge in [0, 0.05) is 25.4 Å². The Hall–Kier alpha value is -0.170. The number of hydrogen-bond donors (Lipinski definition) is 1. The molecule has 0 aromatic rings. The molecule has 2 N–H and O–H groups in total. The van der Waals surface area contributed by atoms with Crippen molar-refractivity contribution in [3.63, 3.8) is 0 Å². The fraction of sp³-hybridized carbons (Fsp3) is 1.00. The molecule has 0 aromatic carbocycles. The number of hydrogen-bond acceptors (Lipinski definition) is 5. The van der Waals surface area contributed by atoms with E-state index in [2.05, 4.69) is 11.8 Å². The lowest BCUT2D eigenvalue weighted by Gasteiger charge is -2.40. The van der Waals surface area contributed by atoms with Gasteiger partial charge in [0.2, 0.25) is 0 Å². The molecule has 2 fully saturated rings. The Labute approximate surface area is 122 Å². The highest BCUT2D eigenvalue weighted by atomic mass is 32.2. The molecule has 6 heteroatoms. The van der Waals surface area contributed by atoms with Gasteiger partial charge in [-0.2, -0.15) is 0 Å². The Morgan fingerprint density at radius 1 is 1.40 bits per heavy atom. The number of ether oxygens (including phenoxy) is 1. The Kier molecular flexibility index (Phi) is 5.45. The summed E-state index contributed by atoms with van der Waals surface area (Å²) in [5.74, 6) is 0.269. The Bertz CT molecular complexity index is 413. The maximum atomic E-state index is 11.7. The summed E-state index contributed by atoms with van der Waals surface area (Å²) in [5.41, 5.74) is 6.40. The van der Waals surface area contributed by atoms with E-state index < -0.39 is 9.84 Å². The van der Waals surface area contributed by atoms with Gasteiger partial charge in [0.1, 0.15) is 9.84 Å². The zero-order valence-corrected chi connectivity index (χ0v) is 13.4. The number of nitrogens with zero attached hydrogens (tertiary/aromatic N) is 1. The van der Waals surface area contributed by atoms with Gasteiger partial charge in [0.15, 0.2) is 0 Å². The van der Waals surface area contributed by atoms with Crippen LogP contribution in [0.25, 0.3) is 0 Å². The highest BCUT2D eigenvalue weighted by Crippen LogP contribution is 2.32. The van der Waals surface area contributed by atoms with Crippen molar-refractivity contribution in [3.05, 3.63) is 0 Å². The second-order valence-corrected chi connectivity index (χ2v) is 8.58. The van der Waals surface area contributed by atoms with Crippen LogP contribution in [0.1, 0.15) is 32.6 Å². The third kappa shape index (κ3) is 3.93. The first kappa shape index (κ1) is 16.2. The molecule has 0 amide bonds. The highest BCUT2D eigenvalue weighted by molar-refractivity contribution is 7.91. The zero-order chi connectivity index (χ0) is 14.8. The van der Waals surface area contributed by atoms with E-state index in [4.69, 9.17) is 10.5 Å². The second-order valence-electron chi connectivity index (χ2n) is 6.26. The van der Waals surface area contributed by atoms with Crippen LogP contribution in [0.15, 0.2) is 0 Å². The molecule has 4 atom stereocenters. The number of likely N-dealkylation sites (N-methyl/N-ethyl adjacent to an activating group) is 1. The summed E-state index contributed by atoms with van der Waals surface area (Å²) in [4.78, 5) is 2.35. The van der Waals surface area contributed by atoms with Crippen LogP contribution in [0.4, 0.5) is 0 Å². The topological polar surface area (TPSA) is 72.6 Å². The van der Waals surface area contributed by atoms with Crippen molar-refractivity contribution >= 4 is 9.84 Å². The minimum Gasteiger partial charge on any atom is -0.374 e. The van der Waals surface area contributed by atoms with Crippen molar-refractivity contribution in [1.82, 2.24) is 4.90 Å². The monoisotopic (exact) mass is 304 g/mol. The van der Waals surface area contributed by atoms with Crippen LogP contribution in [-0.2, 0) is 14.6 Å². The van der Waals surface area contributed by atoms with Gasteiger partial charge in [-0.25, -0.2) is 8.42 Å². The summed E-state index contributed by atoms with van der Waals surface area (Å²) in [7, 11) is -2.95. The van der Waals surface area contributed by atoms with Gasteiger partial charge in [-0.15, -0.1) is 0 Å². The maximum Gasteiger partial charge on any atom is 0.150 e. The molecule has 1 aliphatic carbocycles. The average molecular weight is 304 g/mol.